The smallest absolute Gasteiger partial charge is 0.248 e. The van der Waals surface area contributed by atoms with Crippen molar-refractivity contribution in [3.8, 4) is 0 Å². The van der Waals surface area contributed by atoms with Crippen molar-refractivity contribution in [1.82, 2.24) is 0 Å². The lowest BCUT2D eigenvalue weighted by Crippen LogP contribution is -2.47. The third-order valence-electron chi connectivity index (χ3n) is 4.67. The Morgan fingerprint density at radius 3 is 2.29 bits per heavy atom. The number of nitrogens with one attached hydrogen (secondary N) is 1. The van der Waals surface area contributed by atoms with Crippen LogP contribution in [0.1, 0.15) is 18.9 Å². The van der Waals surface area contributed by atoms with Gasteiger partial charge in [0.05, 0.1) is 11.9 Å². The molecular weight excluding hydrogens is 372 g/mol. The fourth-order valence-corrected chi connectivity index (χ4v) is 4.51. The number of amides is 1. The van der Waals surface area contributed by atoms with E-state index in [1.807, 2.05) is 61.5 Å². The number of nitrogens with zero attached hydrogens (tertiary/aromatic N) is 1. The van der Waals surface area contributed by atoms with Crippen LogP contribution in [0.3, 0.4) is 0 Å². The van der Waals surface area contributed by atoms with Crippen LogP contribution in [0.5, 0.6) is 0 Å². The van der Waals surface area contributed by atoms with Gasteiger partial charge in [0.25, 0.3) is 0 Å². The Labute approximate surface area is 166 Å². The maximum atomic E-state index is 13.1. The van der Waals surface area contributed by atoms with E-state index in [9.17, 15) is 13.2 Å². The van der Waals surface area contributed by atoms with Gasteiger partial charge in [-0.1, -0.05) is 61.0 Å². The lowest BCUT2D eigenvalue weighted by Gasteiger charge is -2.30. The van der Waals surface area contributed by atoms with Gasteiger partial charge < -0.3 is 5.32 Å². The lowest BCUT2D eigenvalue weighted by atomic mass is 10.1. The Balaban J connectivity index is 1.97. The number of sulfonamides is 1. The van der Waals surface area contributed by atoms with Crippen molar-refractivity contribution in [2.24, 2.45) is 0 Å². The summed E-state index contributed by atoms with van der Waals surface area (Å²) in [6.45, 7) is 3.73. The first-order chi connectivity index (χ1) is 13.3. The van der Waals surface area contributed by atoms with E-state index < -0.39 is 16.1 Å². The molecule has 0 bridgehead atoms. The predicted octanol–water partition coefficient (Wildman–Crippen LogP) is 4.33. The summed E-state index contributed by atoms with van der Waals surface area (Å²) in [5.74, 6) is -0.357. The first-order valence-electron chi connectivity index (χ1n) is 9.16. The van der Waals surface area contributed by atoms with E-state index in [0.29, 0.717) is 17.8 Å². The van der Waals surface area contributed by atoms with Crippen LogP contribution < -0.4 is 9.62 Å². The summed E-state index contributed by atoms with van der Waals surface area (Å²) in [6, 6.07) is 19.7. The molecule has 1 amide bonds. The minimum absolute atomic E-state index is 0.345. The molecule has 0 aromatic heterocycles. The molecule has 0 aliphatic carbocycles. The SMILES string of the molecule is CCC(C(=O)Nc1cccc2ccccc12)N(c1ccc(C)cc1)S(C)(=O)=O. The molecule has 0 fully saturated rings. The molecule has 3 aromatic rings. The fraction of sp³-hybridized carbons (Fsp3) is 0.227. The Hall–Kier alpha value is -2.86. The van der Waals surface area contributed by atoms with E-state index >= 15 is 0 Å². The number of fused-ring (bicyclic) bond motifs is 1. The lowest BCUT2D eigenvalue weighted by molar-refractivity contribution is -0.117. The second-order valence-electron chi connectivity index (χ2n) is 6.83. The number of carbonyl (C=O) groups excluding carboxylic acids is 1. The van der Waals surface area contributed by atoms with Crippen LogP contribution in [0, 0.1) is 6.92 Å². The summed E-state index contributed by atoms with van der Waals surface area (Å²) < 4.78 is 26.3. The predicted molar refractivity (Wildman–Crippen MR) is 115 cm³/mol. The van der Waals surface area contributed by atoms with Crippen LogP contribution in [-0.4, -0.2) is 26.6 Å². The van der Waals surface area contributed by atoms with Gasteiger partial charge in [0, 0.05) is 11.1 Å². The molecule has 5 nitrogen and oxygen atoms in total. The summed E-state index contributed by atoms with van der Waals surface area (Å²) in [4.78, 5) is 13.1. The molecule has 3 aromatic carbocycles. The number of hydrogen-bond donors (Lipinski definition) is 1. The maximum Gasteiger partial charge on any atom is 0.248 e. The van der Waals surface area contributed by atoms with Gasteiger partial charge in [-0.25, -0.2) is 8.42 Å². The van der Waals surface area contributed by atoms with Gasteiger partial charge in [0.2, 0.25) is 15.9 Å². The molecular formula is C22H24N2O3S. The van der Waals surface area contributed by atoms with Gasteiger partial charge in [-0.3, -0.25) is 9.10 Å². The first kappa shape index (κ1) is 19.9. The van der Waals surface area contributed by atoms with Crippen LogP contribution in [0.25, 0.3) is 10.8 Å². The average Bonchev–Trinajstić information content (AvgIpc) is 2.66. The molecule has 0 radical (unpaired) electrons. The van der Waals surface area contributed by atoms with Gasteiger partial charge in [-0.15, -0.1) is 0 Å². The van der Waals surface area contributed by atoms with Gasteiger partial charge in [-0.05, 0) is 36.9 Å². The zero-order valence-electron chi connectivity index (χ0n) is 16.2. The van der Waals surface area contributed by atoms with E-state index in [1.165, 1.54) is 4.31 Å². The Morgan fingerprint density at radius 1 is 1.00 bits per heavy atom. The summed E-state index contributed by atoms with van der Waals surface area (Å²) in [6.07, 6.45) is 1.47. The molecule has 0 saturated carbocycles. The third kappa shape index (κ3) is 4.17. The third-order valence-corrected chi connectivity index (χ3v) is 5.85. The fourth-order valence-electron chi connectivity index (χ4n) is 3.30. The first-order valence-corrected chi connectivity index (χ1v) is 11.0. The Bertz CT molecular complexity index is 1090. The molecule has 0 aliphatic rings. The van der Waals surface area contributed by atoms with Crippen molar-refractivity contribution >= 4 is 38.1 Å². The van der Waals surface area contributed by atoms with E-state index in [2.05, 4.69) is 5.32 Å². The van der Waals surface area contributed by atoms with Crippen molar-refractivity contribution < 1.29 is 13.2 Å². The Kier molecular flexibility index (Phi) is 5.70. The van der Waals surface area contributed by atoms with Gasteiger partial charge in [0.15, 0.2) is 0 Å². The molecule has 3 rings (SSSR count). The quantitative estimate of drug-likeness (QED) is 0.674. The van der Waals surface area contributed by atoms with Crippen molar-refractivity contribution in [3.63, 3.8) is 0 Å². The monoisotopic (exact) mass is 396 g/mol. The van der Waals surface area contributed by atoms with E-state index in [4.69, 9.17) is 0 Å². The highest BCUT2D eigenvalue weighted by Gasteiger charge is 2.31. The zero-order chi connectivity index (χ0) is 20.3. The molecule has 6 heteroatoms. The summed E-state index contributed by atoms with van der Waals surface area (Å²) in [5, 5.41) is 4.84. The molecule has 0 aliphatic heterocycles. The van der Waals surface area contributed by atoms with Crippen LogP contribution >= 0.6 is 0 Å². The van der Waals surface area contributed by atoms with Crippen molar-refractivity contribution in [2.75, 3.05) is 15.9 Å². The number of rotatable bonds is 6. The van der Waals surface area contributed by atoms with E-state index in [1.54, 1.807) is 19.1 Å². The summed E-state index contributed by atoms with van der Waals surface area (Å²) in [7, 11) is -3.65. The maximum absolute atomic E-state index is 13.1. The molecule has 1 N–H and O–H groups in total. The molecule has 0 spiro atoms. The molecule has 28 heavy (non-hydrogen) atoms. The van der Waals surface area contributed by atoms with Crippen molar-refractivity contribution in [2.45, 2.75) is 26.3 Å². The Morgan fingerprint density at radius 2 is 1.64 bits per heavy atom. The van der Waals surface area contributed by atoms with Crippen LogP contribution in [0.2, 0.25) is 0 Å². The number of aryl methyl sites for hydroxylation is 1. The largest absolute Gasteiger partial charge is 0.324 e. The topological polar surface area (TPSA) is 66.5 Å². The van der Waals surface area contributed by atoms with Crippen molar-refractivity contribution in [1.29, 1.82) is 0 Å². The van der Waals surface area contributed by atoms with E-state index in [-0.39, 0.29) is 5.91 Å². The molecule has 0 heterocycles. The van der Waals surface area contributed by atoms with Crippen molar-refractivity contribution in [3.05, 3.63) is 72.3 Å². The second kappa shape index (κ2) is 8.02. The van der Waals surface area contributed by atoms with Gasteiger partial charge >= 0.3 is 0 Å². The number of anilines is 2. The number of hydrogen-bond acceptors (Lipinski definition) is 3. The minimum Gasteiger partial charge on any atom is -0.324 e. The normalized spacial score (nSPS) is 12.5. The summed E-state index contributed by atoms with van der Waals surface area (Å²) >= 11 is 0. The highest BCUT2D eigenvalue weighted by molar-refractivity contribution is 7.92. The minimum atomic E-state index is -3.65. The highest BCUT2D eigenvalue weighted by Crippen LogP contribution is 2.26. The van der Waals surface area contributed by atoms with E-state index in [0.717, 1.165) is 22.6 Å². The molecule has 1 unspecified atom stereocenters. The second-order valence-corrected chi connectivity index (χ2v) is 8.69. The molecule has 1 atom stereocenters. The van der Waals surface area contributed by atoms with Crippen LogP contribution in [0.15, 0.2) is 66.7 Å². The van der Waals surface area contributed by atoms with Gasteiger partial charge in [-0.2, -0.15) is 0 Å². The summed E-state index contributed by atoms with van der Waals surface area (Å²) in [5.41, 5.74) is 2.16. The molecule has 146 valence electrons. The number of benzene rings is 3. The van der Waals surface area contributed by atoms with Gasteiger partial charge in [0.1, 0.15) is 6.04 Å². The average molecular weight is 397 g/mol. The zero-order valence-corrected chi connectivity index (χ0v) is 17.0. The number of carbonyl (C=O) groups is 1. The molecule has 0 saturated heterocycles. The highest BCUT2D eigenvalue weighted by atomic mass is 32.2. The van der Waals surface area contributed by atoms with Crippen LogP contribution in [0.4, 0.5) is 11.4 Å². The standard InChI is InChI=1S/C22H24N2O3S/c1-4-21(24(28(3,26)27)18-14-12-16(2)13-15-18)22(25)23-20-11-7-9-17-8-5-6-10-19(17)20/h5-15,21H,4H2,1-3H3,(H,23,25). The van der Waals surface area contributed by atoms with Crippen LogP contribution in [-0.2, 0) is 14.8 Å².